The number of aryl methyl sites for hydroxylation is 1. The standard InChI is InChI=1S/C20H21N3O/c1-2-3-7-15-10-12-17(13-11-15)20(24)22-18-14-21-23-19(18)16-8-5-4-6-9-16/h4-6,8-14H,2-3,7H2,1H3,(H,21,23)(H,22,24). The van der Waals surface area contributed by atoms with E-state index in [1.165, 1.54) is 18.4 Å². The van der Waals surface area contributed by atoms with Crippen LogP contribution in [0.2, 0.25) is 0 Å². The lowest BCUT2D eigenvalue weighted by molar-refractivity contribution is 0.102. The fraction of sp³-hybridized carbons (Fsp3) is 0.200. The van der Waals surface area contributed by atoms with E-state index in [9.17, 15) is 4.79 Å². The summed E-state index contributed by atoms with van der Waals surface area (Å²) in [6.45, 7) is 2.18. The molecule has 2 N–H and O–H groups in total. The molecule has 24 heavy (non-hydrogen) atoms. The highest BCUT2D eigenvalue weighted by atomic mass is 16.1. The summed E-state index contributed by atoms with van der Waals surface area (Å²) in [6.07, 6.45) is 5.10. The van der Waals surface area contributed by atoms with Crippen molar-refractivity contribution < 1.29 is 4.79 Å². The number of amides is 1. The molecular formula is C20H21N3O. The van der Waals surface area contributed by atoms with Crippen LogP contribution >= 0.6 is 0 Å². The number of carbonyl (C=O) groups excluding carboxylic acids is 1. The van der Waals surface area contributed by atoms with Gasteiger partial charge in [-0.15, -0.1) is 0 Å². The van der Waals surface area contributed by atoms with Gasteiger partial charge in [-0.25, -0.2) is 0 Å². The van der Waals surface area contributed by atoms with Crippen LogP contribution in [0.5, 0.6) is 0 Å². The quantitative estimate of drug-likeness (QED) is 0.693. The van der Waals surface area contributed by atoms with Crippen LogP contribution in [0.1, 0.15) is 35.7 Å². The van der Waals surface area contributed by atoms with Crippen molar-refractivity contribution in [3.05, 3.63) is 71.9 Å². The summed E-state index contributed by atoms with van der Waals surface area (Å²) in [5.74, 6) is -0.129. The highest BCUT2D eigenvalue weighted by molar-refractivity contribution is 6.05. The Kier molecular flexibility index (Phi) is 5.06. The highest BCUT2D eigenvalue weighted by Crippen LogP contribution is 2.25. The molecule has 0 saturated heterocycles. The molecule has 0 aliphatic heterocycles. The maximum absolute atomic E-state index is 12.5. The summed E-state index contributed by atoms with van der Waals surface area (Å²) >= 11 is 0. The smallest absolute Gasteiger partial charge is 0.255 e. The molecule has 0 spiro atoms. The van der Waals surface area contributed by atoms with Crippen LogP contribution in [0.25, 0.3) is 11.3 Å². The van der Waals surface area contributed by atoms with Crippen LogP contribution in [-0.2, 0) is 6.42 Å². The van der Waals surface area contributed by atoms with Gasteiger partial charge in [0.15, 0.2) is 0 Å². The number of unbranched alkanes of at least 4 members (excludes halogenated alkanes) is 1. The number of benzene rings is 2. The molecule has 3 rings (SSSR count). The molecule has 0 aliphatic rings. The van der Waals surface area contributed by atoms with E-state index in [1.54, 1.807) is 6.20 Å². The molecule has 3 aromatic rings. The van der Waals surface area contributed by atoms with Crippen LogP contribution in [0.15, 0.2) is 60.8 Å². The molecule has 122 valence electrons. The largest absolute Gasteiger partial charge is 0.319 e. The third-order valence-corrected chi connectivity index (χ3v) is 3.97. The Bertz CT molecular complexity index is 791. The predicted molar refractivity (Wildman–Crippen MR) is 97.0 cm³/mol. The molecule has 0 saturated carbocycles. The molecule has 4 nitrogen and oxygen atoms in total. The summed E-state index contributed by atoms with van der Waals surface area (Å²) in [5, 5.41) is 10.00. The van der Waals surface area contributed by atoms with Crippen LogP contribution in [0.3, 0.4) is 0 Å². The van der Waals surface area contributed by atoms with Crippen LogP contribution in [0.4, 0.5) is 5.69 Å². The second kappa shape index (κ2) is 7.59. The molecule has 0 atom stereocenters. The number of hydrogen-bond acceptors (Lipinski definition) is 2. The second-order valence-corrected chi connectivity index (χ2v) is 5.77. The predicted octanol–water partition coefficient (Wildman–Crippen LogP) is 4.67. The Labute approximate surface area is 141 Å². The monoisotopic (exact) mass is 319 g/mol. The maximum atomic E-state index is 12.5. The van der Waals surface area contributed by atoms with Gasteiger partial charge in [0.2, 0.25) is 0 Å². The molecule has 1 aromatic heterocycles. The van der Waals surface area contributed by atoms with E-state index in [1.807, 2.05) is 54.6 Å². The van der Waals surface area contributed by atoms with Crippen molar-refractivity contribution in [1.29, 1.82) is 0 Å². The van der Waals surface area contributed by atoms with Gasteiger partial charge in [0.1, 0.15) is 5.69 Å². The maximum Gasteiger partial charge on any atom is 0.255 e. The number of aromatic amines is 1. The Morgan fingerprint density at radius 2 is 1.83 bits per heavy atom. The zero-order valence-corrected chi connectivity index (χ0v) is 13.8. The SMILES string of the molecule is CCCCc1ccc(C(=O)Nc2c[nH]nc2-c2ccccc2)cc1. The van der Waals surface area contributed by atoms with Gasteiger partial charge < -0.3 is 5.32 Å². The fourth-order valence-electron chi connectivity index (χ4n) is 2.60. The fourth-order valence-corrected chi connectivity index (χ4v) is 2.60. The Hall–Kier alpha value is -2.88. The molecule has 0 bridgehead atoms. The summed E-state index contributed by atoms with van der Waals surface area (Å²) in [7, 11) is 0. The molecule has 2 aromatic carbocycles. The minimum Gasteiger partial charge on any atom is -0.319 e. The first kappa shape index (κ1) is 16.0. The zero-order chi connectivity index (χ0) is 16.8. The Morgan fingerprint density at radius 3 is 2.54 bits per heavy atom. The summed E-state index contributed by atoms with van der Waals surface area (Å²) in [4.78, 5) is 12.5. The average molecular weight is 319 g/mol. The summed E-state index contributed by atoms with van der Waals surface area (Å²) in [6, 6.07) is 17.6. The Morgan fingerprint density at radius 1 is 1.08 bits per heavy atom. The minimum atomic E-state index is -0.129. The van der Waals surface area contributed by atoms with Gasteiger partial charge >= 0.3 is 0 Å². The van der Waals surface area contributed by atoms with E-state index < -0.39 is 0 Å². The number of carbonyl (C=O) groups is 1. The van der Waals surface area contributed by atoms with Crippen molar-refractivity contribution in [2.75, 3.05) is 5.32 Å². The third-order valence-electron chi connectivity index (χ3n) is 3.97. The van der Waals surface area contributed by atoms with E-state index >= 15 is 0 Å². The molecule has 1 heterocycles. The first-order chi connectivity index (χ1) is 11.8. The normalized spacial score (nSPS) is 10.5. The van der Waals surface area contributed by atoms with Gasteiger partial charge in [-0.2, -0.15) is 5.10 Å². The van der Waals surface area contributed by atoms with Crippen LogP contribution in [0, 0.1) is 0 Å². The van der Waals surface area contributed by atoms with Crippen molar-refractivity contribution in [1.82, 2.24) is 10.2 Å². The first-order valence-electron chi connectivity index (χ1n) is 8.27. The van der Waals surface area contributed by atoms with Gasteiger partial charge in [0, 0.05) is 17.3 Å². The van der Waals surface area contributed by atoms with Crippen molar-refractivity contribution in [3.63, 3.8) is 0 Å². The highest BCUT2D eigenvalue weighted by Gasteiger charge is 2.12. The van der Waals surface area contributed by atoms with E-state index in [2.05, 4.69) is 22.4 Å². The lowest BCUT2D eigenvalue weighted by atomic mass is 10.1. The average Bonchev–Trinajstić information content (AvgIpc) is 3.09. The molecule has 0 unspecified atom stereocenters. The molecule has 0 aliphatic carbocycles. The van der Waals surface area contributed by atoms with Crippen molar-refractivity contribution >= 4 is 11.6 Å². The minimum absolute atomic E-state index is 0.129. The molecule has 0 fully saturated rings. The molecule has 1 amide bonds. The first-order valence-corrected chi connectivity index (χ1v) is 8.27. The van der Waals surface area contributed by atoms with Gasteiger partial charge in [-0.3, -0.25) is 9.89 Å². The summed E-state index contributed by atoms with van der Waals surface area (Å²) < 4.78 is 0. The van der Waals surface area contributed by atoms with E-state index in [4.69, 9.17) is 0 Å². The van der Waals surface area contributed by atoms with Gasteiger partial charge in [0.05, 0.1) is 5.69 Å². The number of rotatable bonds is 6. The van der Waals surface area contributed by atoms with E-state index in [-0.39, 0.29) is 5.91 Å². The van der Waals surface area contributed by atoms with E-state index in [0.29, 0.717) is 11.3 Å². The number of H-pyrrole nitrogens is 1. The Balaban J connectivity index is 1.73. The van der Waals surface area contributed by atoms with E-state index in [0.717, 1.165) is 17.7 Å². The number of hydrogen-bond donors (Lipinski definition) is 2. The van der Waals surface area contributed by atoms with Gasteiger partial charge in [-0.05, 0) is 30.5 Å². The molecular weight excluding hydrogens is 298 g/mol. The number of nitrogens with zero attached hydrogens (tertiary/aromatic N) is 1. The van der Waals surface area contributed by atoms with Crippen LogP contribution in [-0.4, -0.2) is 16.1 Å². The topological polar surface area (TPSA) is 57.8 Å². The van der Waals surface area contributed by atoms with Crippen LogP contribution < -0.4 is 5.32 Å². The zero-order valence-electron chi connectivity index (χ0n) is 13.8. The lowest BCUT2D eigenvalue weighted by Crippen LogP contribution is -2.12. The number of anilines is 1. The van der Waals surface area contributed by atoms with Gasteiger partial charge in [0.25, 0.3) is 5.91 Å². The molecule has 4 heteroatoms. The van der Waals surface area contributed by atoms with Crippen molar-refractivity contribution in [2.24, 2.45) is 0 Å². The second-order valence-electron chi connectivity index (χ2n) is 5.77. The lowest BCUT2D eigenvalue weighted by Gasteiger charge is -2.07. The van der Waals surface area contributed by atoms with Gasteiger partial charge in [-0.1, -0.05) is 55.8 Å². The third kappa shape index (κ3) is 3.71. The van der Waals surface area contributed by atoms with Crippen molar-refractivity contribution in [3.8, 4) is 11.3 Å². The molecule has 0 radical (unpaired) electrons. The van der Waals surface area contributed by atoms with Crippen molar-refractivity contribution in [2.45, 2.75) is 26.2 Å². The summed E-state index contributed by atoms with van der Waals surface area (Å²) in [5.41, 5.74) is 4.30. The number of nitrogens with one attached hydrogen (secondary N) is 2. The number of aromatic nitrogens is 2.